The van der Waals surface area contributed by atoms with Crippen LogP contribution in [0.25, 0.3) is 0 Å². The number of hydrogen-bond donors (Lipinski definition) is 0. The molecular weight excluding hydrogens is 375 g/mol. The van der Waals surface area contributed by atoms with Crippen LogP contribution in [-0.2, 0) is 4.84 Å². The SMILES string of the molecule is CC(ON(C(C1CCC(C(F)(F)F)CC1)C(C)(C)C)C(C)(C)C)C1CCCCC1. The first-order valence-corrected chi connectivity index (χ1v) is 11.7. The average molecular weight is 420 g/mol. The highest BCUT2D eigenvalue weighted by Gasteiger charge is 2.48. The van der Waals surface area contributed by atoms with Gasteiger partial charge in [-0.3, -0.25) is 4.84 Å². The third-order valence-electron chi connectivity index (χ3n) is 7.08. The summed E-state index contributed by atoms with van der Waals surface area (Å²) in [5.74, 6) is -0.328. The number of rotatable bonds is 5. The van der Waals surface area contributed by atoms with E-state index in [-0.39, 0.29) is 41.9 Å². The van der Waals surface area contributed by atoms with Crippen molar-refractivity contribution in [2.75, 3.05) is 0 Å². The Balaban J connectivity index is 2.19. The predicted octanol–water partition coefficient (Wildman–Crippen LogP) is 7.77. The molecule has 2 nitrogen and oxygen atoms in total. The van der Waals surface area contributed by atoms with Gasteiger partial charge in [-0.25, -0.2) is 0 Å². The molecule has 0 N–H and O–H groups in total. The van der Waals surface area contributed by atoms with Gasteiger partial charge in [0.15, 0.2) is 0 Å². The Hall–Kier alpha value is -0.290. The molecule has 2 atom stereocenters. The molecule has 0 bridgehead atoms. The molecule has 0 aromatic heterocycles. The molecule has 0 spiro atoms. The van der Waals surface area contributed by atoms with Crippen molar-refractivity contribution in [2.24, 2.45) is 23.2 Å². The van der Waals surface area contributed by atoms with Crippen molar-refractivity contribution in [3.05, 3.63) is 0 Å². The topological polar surface area (TPSA) is 12.5 Å². The second kappa shape index (κ2) is 9.46. The van der Waals surface area contributed by atoms with E-state index in [1.807, 2.05) is 0 Å². The molecule has 29 heavy (non-hydrogen) atoms. The molecule has 172 valence electrons. The Morgan fingerprint density at radius 2 is 1.28 bits per heavy atom. The van der Waals surface area contributed by atoms with Gasteiger partial charge in [0.2, 0.25) is 0 Å². The van der Waals surface area contributed by atoms with Crippen molar-refractivity contribution in [2.45, 2.75) is 130 Å². The quantitative estimate of drug-likeness (QED) is 0.422. The summed E-state index contributed by atoms with van der Waals surface area (Å²) in [6.45, 7) is 15.3. The molecule has 0 aromatic carbocycles. The van der Waals surface area contributed by atoms with Gasteiger partial charge in [0, 0.05) is 11.6 Å². The molecule has 2 saturated carbocycles. The van der Waals surface area contributed by atoms with Gasteiger partial charge in [-0.1, -0.05) is 40.0 Å². The minimum absolute atomic E-state index is 0.0741. The predicted molar refractivity (Wildman–Crippen MR) is 113 cm³/mol. The van der Waals surface area contributed by atoms with Crippen LogP contribution in [0, 0.1) is 23.2 Å². The third kappa shape index (κ3) is 6.85. The Kier molecular flexibility index (Phi) is 8.15. The maximum Gasteiger partial charge on any atom is 0.391 e. The Morgan fingerprint density at radius 1 is 0.759 bits per heavy atom. The van der Waals surface area contributed by atoms with Crippen LogP contribution in [0.5, 0.6) is 0 Å². The van der Waals surface area contributed by atoms with Crippen molar-refractivity contribution in [3.63, 3.8) is 0 Å². The zero-order valence-corrected chi connectivity index (χ0v) is 19.7. The lowest BCUT2D eigenvalue weighted by molar-refractivity contribution is -0.297. The van der Waals surface area contributed by atoms with E-state index in [1.54, 1.807) is 0 Å². The van der Waals surface area contributed by atoms with E-state index >= 15 is 0 Å². The average Bonchev–Trinajstić information content (AvgIpc) is 2.59. The van der Waals surface area contributed by atoms with Crippen LogP contribution >= 0.6 is 0 Å². The highest BCUT2D eigenvalue weighted by atomic mass is 19.4. The zero-order chi connectivity index (χ0) is 22.0. The largest absolute Gasteiger partial charge is 0.391 e. The van der Waals surface area contributed by atoms with Crippen LogP contribution in [0.3, 0.4) is 0 Å². The van der Waals surface area contributed by atoms with Gasteiger partial charge in [0.25, 0.3) is 0 Å². The molecule has 0 radical (unpaired) electrons. The monoisotopic (exact) mass is 419 g/mol. The molecule has 0 aliphatic heterocycles. The van der Waals surface area contributed by atoms with Crippen LogP contribution in [0.4, 0.5) is 13.2 Å². The van der Waals surface area contributed by atoms with Gasteiger partial charge < -0.3 is 0 Å². The summed E-state index contributed by atoms with van der Waals surface area (Å²) in [7, 11) is 0. The second-order valence-electron chi connectivity index (χ2n) is 11.7. The van der Waals surface area contributed by atoms with Gasteiger partial charge in [0.1, 0.15) is 0 Å². The van der Waals surface area contributed by atoms with E-state index < -0.39 is 12.1 Å². The minimum atomic E-state index is -4.06. The lowest BCUT2D eigenvalue weighted by atomic mass is 9.70. The van der Waals surface area contributed by atoms with E-state index in [9.17, 15) is 13.2 Å². The third-order valence-corrected chi connectivity index (χ3v) is 7.08. The van der Waals surface area contributed by atoms with E-state index in [2.05, 4.69) is 53.5 Å². The Labute approximate surface area is 176 Å². The summed E-state index contributed by atoms with van der Waals surface area (Å²) < 4.78 is 39.6. The lowest BCUT2D eigenvalue weighted by Gasteiger charge is -2.52. The van der Waals surface area contributed by atoms with Crippen molar-refractivity contribution in [1.82, 2.24) is 5.06 Å². The second-order valence-corrected chi connectivity index (χ2v) is 11.7. The van der Waals surface area contributed by atoms with Crippen molar-refractivity contribution >= 4 is 0 Å². The van der Waals surface area contributed by atoms with E-state index in [4.69, 9.17) is 4.84 Å². The minimum Gasteiger partial charge on any atom is -0.295 e. The first kappa shape index (κ1) is 25.0. The fourth-order valence-electron chi connectivity index (χ4n) is 5.52. The van der Waals surface area contributed by atoms with Crippen molar-refractivity contribution in [3.8, 4) is 0 Å². The summed E-state index contributed by atoms with van der Waals surface area (Å²) in [6, 6.07) is 0.0997. The fourth-order valence-corrected chi connectivity index (χ4v) is 5.52. The molecule has 0 aromatic rings. The van der Waals surface area contributed by atoms with Crippen LogP contribution in [-0.4, -0.2) is 28.9 Å². The normalized spacial score (nSPS) is 27.8. The maximum atomic E-state index is 13.2. The first-order chi connectivity index (χ1) is 13.2. The van der Waals surface area contributed by atoms with E-state index in [0.717, 1.165) is 0 Å². The van der Waals surface area contributed by atoms with Crippen molar-refractivity contribution in [1.29, 1.82) is 0 Å². The molecule has 2 fully saturated rings. The van der Waals surface area contributed by atoms with Crippen molar-refractivity contribution < 1.29 is 18.0 Å². The highest BCUT2D eigenvalue weighted by Crippen LogP contribution is 2.46. The summed E-state index contributed by atoms with van der Waals surface area (Å²) in [5, 5.41) is 2.19. The first-order valence-electron chi connectivity index (χ1n) is 11.7. The van der Waals surface area contributed by atoms with Gasteiger partial charge in [-0.15, -0.1) is 0 Å². The highest BCUT2D eigenvalue weighted by molar-refractivity contribution is 4.93. The molecule has 0 amide bonds. The maximum absolute atomic E-state index is 13.2. The van der Waals surface area contributed by atoms with Gasteiger partial charge in [-0.05, 0) is 83.5 Å². The van der Waals surface area contributed by atoms with Gasteiger partial charge in [0.05, 0.1) is 12.0 Å². The number of hydrogen-bond acceptors (Lipinski definition) is 2. The summed E-state index contributed by atoms with van der Waals surface area (Å²) in [6.07, 6.45) is 4.14. The fraction of sp³-hybridized carbons (Fsp3) is 1.00. The summed E-state index contributed by atoms with van der Waals surface area (Å²) in [4.78, 5) is 6.70. The molecule has 2 rings (SSSR count). The van der Waals surface area contributed by atoms with Gasteiger partial charge >= 0.3 is 6.18 Å². The summed E-state index contributed by atoms with van der Waals surface area (Å²) in [5.41, 5.74) is -0.281. The molecule has 2 aliphatic rings. The Bertz CT molecular complexity index is 492. The van der Waals surface area contributed by atoms with Crippen LogP contribution in [0.2, 0.25) is 0 Å². The van der Waals surface area contributed by atoms with Crippen LogP contribution in [0.15, 0.2) is 0 Å². The smallest absolute Gasteiger partial charge is 0.295 e. The zero-order valence-electron chi connectivity index (χ0n) is 19.7. The van der Waals surface area contributed by atoms with Crippen LogP contribution in [0.1, 0.15) is 106 Å². The molecular formula is C24H44F3NO. The number of alkyl halides is 3. The number of nitrogens with zero attached hydrogens (tertiary/aromatic N) is 1. The number of hydroxylamine groups is 2. The molecule has 2 unspecified atom stereocenters. The molecule has 5 heteroatoms. The van der Waals surface area contributed by atoms with E-state index in [0.29, 0.717) is 18.8 Å². The molecule has 2 aliphatic carbocycles. The lowest BCUT2D eigenvalue weighted by Crippen LogP contribution is -2.58. The number of halogens is 3. The molecule has 0 heterocycles. The van der Waals surface area contributed by atoms with Crippen LogP contribution < -0.4 is 0 Å². The molecule has 0 saturated heterocycles. The standard InChI is InChI=1S/C24H44F3NO/c1-17(18-11-9-8-10-12-18)29-28(23(5,6)7)21(22(2,3)4)19-13-15-20(16-14-19)24(25,26)27/h17-21H,8-16H2,1-7H3. The Morgan fingerprint density at radius 3 is 1.69 bits per heavy atom. The van der Waals surface area contributed by atoms with E-state index in [1.165, 1.54) is 32.1 Å². The summed E-state index contributed by atoms with van der Waals surface area (Å²) >= 11 is 0. The van der Waals surface area contributed by atoms with Gasteiger partial charge in [-0.2, -0.15) is 18.2 Å².